The fourth-order valence-electron chi connectivity index (χ4n) is 2.20. The number of rotatable bonds is 4. The first-order chi connectivity index (χ1) is 9.09. The minimum Gasteiger partial charge on any atom is -0.398 e. The molecule has 4 N–H and O–H groups in total. The van der Waals surface area contributed by atoms with Gasteiger partial charge >= 0.3 is 0 Å². The second-order valence-corrected chi connectivity index (χ2v) is 4.53. The maximum absolute atomic E-state index is 10.8. The van der Waals surface area contributed by atoms with E-state index in [1.807, 2.05) is 0 Å². The molecule has 7 nitrogen and oxygen atoms in total. The van der Waals surface area contributed by atoms with Gasteiger partial charge in [-0.15, -0.1) is 0 Å². The Hall–Kier alpha value is -1.86. The summed E-state index contributed by atoms with van der Waals surface area (Å²) in [5.41, 5.74) is 13.0. The fourth-order valence-corrected chi connectivity index (χ4v) is 2.20. The molecular weight excluding hydrogens is 248 g/mol. The van der Waals surface area contributed by atoms with Gasteiger partial charge in [0.05, 0.1) is 18.1 Å². The van der Waals surface area contributed by atoms with Gasteiger partial charge in [-0.05, 0) is 12.5 Å². The molecule has 0 unspecified atom stereocenters. The first-order valence-corrected chi connectivity index (χ1v) is 6.21. The van der Waals surface area contributed by atoms with E-state index in [1.54, 1.807) is 6.07 Å². The van der Waals surface area contributed by atoms with Crippen molar-refractivity contribution in [1.29, 1.82) is 0 Å². The van der Waals surface area contributed by atoms with Crippen LogP contribution in [0.3, 0.4) is 0 Å². The Morgan fingerprint density at radius 2 is 2.00 bits per heavy atom. The Balaban J connectivity index is 2.10. The number of hydrogen-bond acceptors (Lipinski definition) is 6. The molecule has 104 valence electrons. The average molecular weight is 266 g/mol. The molecule has 2 rings (SSSR count). The van der Waals surface area contributed by atoms with E-state index in [4.69, 9.17) is 16.2 Å². The van der Waals surface area contributed by atoms with E-state index in [0.717, 1.165) is 32.8 Å². The van der Waals surface area contributed by atoms with Crippen LogP contribution >= 0.6 is 0 Å². The molecule has 1 fully saturated rings. The minimum absolute atomic E-state index is 0.0776. The Bertz CT molecular complexity index is 472. The summed E-state index contributed by atoms with van der Waals surface area (Å²) in [5.74, 6) is 0. The van der Waals surface area contributed by atoms with Crippen LogP contribution in [0.1, 0.15) is 5.56 Å². The first-order valence-electron chi connectivity index (χ1n) is 6.21. The van der Waals surface area contributed by atoms with Crippen LogP contribution in [0, 0.1) is 10.1 Å². The van der Waals surface area contributed by atoms with Crippen molar-refractivity contribution in [2.45, 2.75) is 6.42 Å². The van der Waals surface area contributed by atoms with E-state index in [-0.39, 0.29) is 11.4 Å². The van der Waals surface area contributed by atoms with Crippen LogP contribution in [-0.4, -0.2) is 42.7 Å². The van der Waals surface area contributed by atoms with E-state index in [9.17, 15) is 10.1 Å². The standard InChI is InChI=1S/C12H18N4O3/c13-10-1-2-11(16(17)18)12(14)9(10)3-4-15-5-7-19-8-6-15/h1-2H,3-8,13-14H2. The second-order valence-electron chi connectivity index (χ2n) is 4.53. The largest absolute Gasteiger partial charge is 0.398 e. The monoisotopic (exact) mass is 266 g/mol. The molecule has 0 atom stereocenters. The van der Waals surface area contributed by atoms with Crippen LogP contribution < -0.4 is 11.5 Å². The molecule has 0 radical (unpaired) electrons. The van der Waals surface area contributed by atoms with Gasteiger partial charge in [0.15, 0.2) is 0 Å². The van der Waals surface area contributed by atoms with E-state index in [1.165, 1.54) is 6.07 Å². The summed E-state index contributed by atoms with van der Waals surface area (Å²) in [4.78, 5) is 12.6. The van der Waals surface area contributed by atoms with Crippen LogP contribution in [-0.2, 0) is 11.2 Å². The molecule has 0 saturated carbocycles. The number of nitro benzene ring substituents is 1. The Labute approximate surface area is 111 Å². The Kier molecular flexibility index (Phi) is 4.18. The average Bonchev–Trinajstić information content (AvgIpc) is 2.39. The summed E-state index contributed by atoms with van der Waals surface area (Å²) in [7, 11) is 0. The van der Waals surface area contributed by atoms with E-state index < -0.39 is 4.92 Å². The lowest BCUT2D eigenvalue weighted by Crippen LogP contribution is -2.37. The summed E-state index contributed by atoms with van der Waals surface area (Å²) in [6.45, 7) is 3.96. The quantitative estimate of drug-likeness (QED) is 0.470. The van der Waals surface area contributed by atoms with Crippen LogP contribution in [0.4, 0.5) is 17.1 Å². The lowest BCUT2D eigenvalue weighted by Gasteiger charge is -2.26. The summed E-state index contributed by atoms with van der Waals surface area (Å²) in [5, 5.41) is 10.8. The Morgan fingerprint density at radius 1 is 1.32 bits per heavy atom. The summed E-state index contributed by atoms with van der Waals surface area (Å²) < 4.78 is 5.27. The van der Waals surface area contributed by atoms with Crippen molar-refractivity contribution in [3.8, 4) is 0 Å². The molecule has 1 aromatic carbocycles. The van der Waals surface area contributed by atoms with Crippen molar-refractivity contribution < 1.29 is 9.66 Å². The molecule has 0 spiro atoms. The van der Waals surface area contributed by atoms with Crippen molar-refractivity contribution in [2.75, 3.05) is 44.3 Å². The number of nitrogens with zero attached hydrogens (tertiary/aromatic N) is 2. The maximum atomic E-state index is 10.8. The fraction of sp³-hybridized carbons (Fsp3) is 0.500. The zero-order chi connectivity index (χ0) is 13.8. The molecule has 7 heteroatoms. The number of anilines is 2. The van der Waals surface area contributed by atoms with Gasteiger partial charge in [-0.3, -0.25) is 15.0 Å². The lowest BCUT2D eigenvalue weighted by atomic mass is 10.1. The highest BCUT2D eigenvalue weighted by atomic mass is 16.6. The predicted octanol–water partition coefficient (Wildman–Crippen LogP) is 0.634. The molecule has 1 aliphatic rings. The third-order valence-corrected chi connectivity index (χ3v) is 3.35. The van der Waals surface area contributed by atoms with Gasteiger partial charge in [-0.25, -0.2) is 0 Å². The number of nitro groups is 1. The number of benzene rings is 1. The summed E-state index contributed by atoms with van der Waals surface area (Å²) in [6, 6.07) is 2.89. The van der Waals surface area contributed by atoms with Crippen molar-refractivity contribution in [2.24, 2.45) is 0 Å². The minimum atomic E-state index is -0.479. The lowest BCUT2D eigenvalue weighted by molar-refractivity contribution is -0.383. The SMILES string of the molecule is Nc1ccc([N+](=O)[O-])c(N)c1CCN1CCOCC1. The van der Waals surface area contributed by atoms with E-state index in [0.29, 0.717) is 17.7 Å². The molecule has 1 aliphatic heterocycles. The normalized spacial score (nSPS) is 16.4. The predicted molar refractivity (Wildman–Crippen MR) is 72.9 cm³/mol. The number of nitrogen functional groups attached to an aromatic ring is 2. The zero-order valence-corrected chi connectivity index (χ0v) is 10.7. The molecule has 0 bridgehead atoms. The second kappa shape index (κ2) is 5.85. The number of morpholine rings is 1. The van der Waals surface area contributed by atoms with Crippen molar-refractivity contribution in [3.05, 3.63) is 27.8 Å². The molecule has 19 heavy (non-hydrogen) atoms. The van der Waals surface area contributed by atoms with Crippen LogP contribution in [0.25, 0.3) is 0 Å². The van der Waals surface area contributed by atoms with Crippen LogP contribution in [0.5, 0.6) is 0 Å². The van der Waals surface area contributed by atoms with Crippen LogP contribution in [0.2, 0.25) is 0 Å². The third-order valence-electron chi connectivity index (χ3n) is 3.35. The molecule has 0 aliphatic carbocycles. The third kappa shape index (κ3) is 3.12. The van der Waals surface area contributed by atoms with E-state index in [2.05, 4.69) is 4.90 Å². The van der Waals surface area contributed by atoms with Crippen LogP contribution in [0.15, 0.2) is 12.1 Å². The van der Waals surface area contributed by atoms with Crippen molar-refractivity contribution in [3.63, 3.8) is 0 Å². The van der Waals surface area contributed by atoms with Gasteiger partial charge in [0, 0.05) is 37.0 Å². The summed E-state index contributed by atoms with van der Waals surface area (Å²) in [6.07, 6.45) is 0.610. The van der Waals surface area contributed by atoms with Gasteiger partial charge in [0.25, 0.3) is 5.69 Å². The van der Waals surface area contributed by atoms with Crippen molar-refractivity contribution in [1.82, 2.24) is 4.90 Å². The molecule has 1 saturated heterocycles. The van der Waals surface area contributed by atoms with Gasteiger partial charge in [0.2, 0.25) is 0 Å². The van der Waals surface area contributed by atoms with Gasteiger partial charge < -0.3 is 16.2 Å². The highest BCUT2D eigenvalue weighted by Gasteiger charge is 2.18. The van der Waals surface area contributed by atoms with Gasteiger partial charge in [-0.1, -0.05) is 0 Å². The molecule has 0 amide bonds. The molecule has 1 aromatic rings. The van der Waals surface area contributed by atoms with Gasteiger partial charge in [0.1, 0.15) is 5.69 Å². The maximum Gasteiger partial charge on any atom is 0.292 e. The Morgan fingerprint density at radius 3 is 2.63 bits per heavy atom. The van der Waals surface area contributed by atoms with Gasteiger partial charge in [-0.2, -0.15) is 0 Å². The molecule has 1 heterocycles. The van der Waals surface area contributed by atoms with Crippen molar-refractivity contribution >= 4 is 17.1 Å². The molecule has 0 aromatic heterocycles. The highest BCUT2D eigenvalue weighted by Crippen LogP contribution is 2.30. The topological polar surface area (TPSA) is 108 Å². The zero-order valence-electron chi connectivity index (χ0n) is 10.7. The summed E-state index contributed by atoms with van der Waals surface area (Å²) >= 11 is 0. The van der Waals surface area contributed by atoms with E-state index >= 15 is 0 Å². The highest BCUT2D eigenvalue weighted by molar-refractivity contribution is 5.71. The number of hydrogen-bond donors (Lipinski definition) is 2. The molecular formula is C12H18N4O3. The number of ether oxygens (including phenoxy) is 1. The smallest absolute Gasteiger partial charge is 0.292 e. The number of nitrogens with two attached hydrogens (primary N) is 2. The first kappa shape index (κ1) is 13.6.